The average Bonchev–Trinajstić information content (AvgIpc) is 2.56. The topological polar surface area (TPSA) is 29.3 Å². The van der Waals surface area contributed by atoms with Gasteiger partial charge in [-0.25, -0.2) is 0 Å². The Morgan fingerprint density at radius 1 is 1.47 bits per heavy atom. The van der Waals surface area contributed by atoms with Gasteiger partial charge in [-0.15, -0.1) is 11.6 Å². The number of hydrogen-bond donors (Lipinski definition) is 1. The van der Waals surface area contributed by atoms with Crippen molar-refractivity contribution in [2.45, 2.75) is 25.3 Å². The second-order valence-electron chi connectivity index (χ2n) is 5.25. The van der Waals surface area contributed by atoms with Gasteiger partial charge in [0.05, 0.1) is 0 Å². The predicted octanol–water partition coefficient (Wildman–Crippen LogP) is 1.83. The van der Waals surface area contributed by atoms with Gasteiger partial charge < -0.3 is 10.6 Å². The zero-order valence-corrected chi connectivity index (χ0v) is 11.9. The molecule has 1 saturated heterocycles. The maximum atomic E-state index is 6.11. The first-order chi connectivity index (χ1) is 7.55. The van der Waals surface area contributed by atoms with E-state index in [9.17, 15) is 0 Å². The molecule has 0 spiro atoms. The summed E-state index contributed by atoms with van der Waals surface area (Å²) >= 11 is 0. The Morgan fingerprint density at radius 2 is 2.24 bits per heavy atom. The van der Waals surface area contributed by atoms with Crippen LogP contribution < -0.4 is 5.73 Å². The van der Waals surface area contributed by atoms with E-state index in [-0.39, 0.29) is 24.1 Å². The fourth-order valence-corrected chi connectivity index (χ4v) is 2.35. The zero-order chi connectivity index (χ0) is 11.6. The van der Waals surface area contributed by atoms with Gasteiger partial charge in [0, 0.05) is 43.7 Å². The first-order valence-electron chi connectivity index (χ1n) is 5.97. The Hall–Kier alpha value is -0.406. The van der Waals surface area contributed by atoms with E-state index in [2.05, 4.69) is 36.9 Å². The van der Waals surface area contributed by atoms with E-state index < -0.39 is 0 Å². The van der Waals surface area contributed by atoms with Crippen LogP contribution in [0.4, 0.5) is 0 Å². The van der Waals surface area contributed by atoms with Crippen molar-refractivity contribution < 1.29 is 18.6 Å². The van der Waals surface area contributed by atoms with E-state index in [1.165, 1.54) is 5.56 Å². The van der Waals surface area contributed by atoms with Crippen molar-refractivity contribution in [2.24, 2.45) is 5.73 Å². The monoisotopic (exact) mass is 268 g/mol. The van der Waals surface area contributed by atoms with Crippen molar-refractivity contribution in [3.8, 4) is 0 Å². The summed E-state index contributed by atoms with van der Waals surface area (Å²) in [7, 11) is 0. The number of nitrogens with two attached hydrogens (primary N) is 1. The standard InChI is InChI=1S/C14H21N2.V/c1-12-4-3-5-13(10-12)6-8-16-9-7-14(2,15)11-16;/h3-5,10H,1,6-9,11,15H2,2H3;/q-1;. The molecule has 17 heavy (non-hydrogen) atoms. The molecule has 3 heteroatoms. The Balaban J connectivity index is 0.00000144. The molecule has 1 heterocycles. The van der Waals surface area contributed by atoms with Crippen LogP contribution in [0.2, 0.25) is 0 Å². The third kappa shape index (κ3) is 4.40. The minimum atomic E-state index is 0. The van der Waals surface area contributed by atoms with Gasteiger partial charge in [-0.05, 0) is 19.8 Å². The van der Waals surface area contributed by atoms with E-state index in [0.717, 1.165) is 38.0 Å². The van der Waals surface area contributed by atoms with Crippen LogP contribution in [0.15, 0.2) is 24.3 Å². The maximum Gasteiger partial charge on any atom is 0.0267 e. The van der Waals surface area contributed by atoms with E-state index in [0.29, 0.717) is 0 Å². The van der Waals surface area contributed by atoms with Crippen LogP contribution in [0.25, 0.3) is 0 Å². The fourth-order valence-electron chi connectivity index (χ4n) is 2.35. The number of rotatable bonds is 3. The first-order valence-corrected chi connectivity index (χ1v) is 5.97. The Labute approximate surface area is 116 Å². The van der Waals surface area contributed by atoms with Gasteiger partial charge >= 0.3 is 0 Å². The molecule has 93 valence electrons. The molecule has 0 saturated carbocycles. The summed E-state index contributed by atoms with van der Waals surface area (Å²) < 4.78 is 0. The fraction of sp³-hybridized carbons (Fsp3) is 0.500. The molecule has 0 aromatic heterocycles. The van der Waals surface area contributed by atoms with Crippen molar-refractivity contribution in [1.82, 2.24) is 4.90 Å². The van der Waals surface area contributed by atoms with Gasteiger partial charge in [-0.1, -0.05) is 6.07 Å². The van der Waals surface area contributed by atoms with E-state index >= 15 is 0 Å². The third-order valence-corrected chi connectivity index (χ3v) is 3.29. The second kappa shape index (κ2) is 5.97. The van der Waals surface area contributed by atoms with E-state index in [4.69, 9.17) is 5.73 Å². The summed E-state index contributed by atoms with van der Waals surface area (Å²) in [5.41, 5.74) is 8.60. The van der Waals surface area contributed by atoms with Gasteiger partial charge in [0.25, 0.3) is 0 Å². The summed E-state index contributed by atoms with van der Waals surface area (Å²) in [4.78, 5) is 2.45. The van der Waals surface area contributed by atoms with E-state index in [1.807, 2.05) is 6.07 Å². The number of hydrogen-bond acceptors (Lipinski definition) is 2. The molecule has 0 aliphatic carbocycles. The SMILES string of the molecule is [CH2-]c1cccc(CCN2CCC(C)(N)C2)c1.[V]. The predicted molar refractivity (Wildman–Crippen MR) is 68.3 cm³/mol. The molecular weight excluding hydrogens is 247 g/mol. The van der Waals surface area contributed by atoms with Crippen LogP contribution in [-0.2, 0) is 25.0 Å². The molecule has 1 unspecified atom stereocenters. The van der Waals surface area contributed by atoms with Crippen molar-refractivity contribution in [1.29, 1.82) is 0 Å². The molecule has 1 aliphatic rings. The van der Waals surface area contributed by atoms with Crippen molar-refractivity contribution in [3.63, 3.8) is 0 Å². The van der Waals surface area contributed by atoms with Gasteiger partial charge in [0.1, 0.15) is 0 Å². The summed E-state index contributed by atoms with van der Waals surface area (Å²) in [6, 6.07) is 8.45. The molecule has 0 amide bonds. The first kappa shape index (κ1) is 14.7. The molecule has 1 aromatic rings. The van der Waals surface area contributed by atoms with Gasteiger partial charge in [-0.3, -0.25) is 0 Å². The second-order valence-corrected chi connectivity index (χ2v) is 5.25. The maximum absolute atomic E-state index is 6.11. The van der Waals surface area contributed by atoms with Crippen molar-refractivity contribution in [2.75, 3.05) is 19.6 Å². The summed E-state index contributed by atoms with van der Waals surface area (Å²) in [5.74, 6) is 0. The minimum Gasteiger partial charge on any atom is -0.324 e. The normalized spacial score (nSPS) is 24.6. The van der Waals surface area contributed by atoms with Crippen LogP contribution in [0.1, 0.15) is 24.5 Å². The zero-order valence-electron chi connectivity index (χ0n) is 10.5. The van der Waals surface area contributed by atoms with Crippen LogP contribution in [0.5, 0.6) is 0 Å². The molecule has 2 N–H and O–H groups in total. The van der Waals surface area contributed by atoms with E-state index in [1.54, 1.807) is 0 Å². The quantitative estimate of drug-likeness (QED) is 0.847. The van der Waals surface area contributed by atoms with Gasteiger partial charge in [0.15, 0.2) is 0 Å². The molecule has 2 rings (SSSR count). The molecule has 1 aliphatic heterocycles. The van der Waals surface area contributed by atoms with Gasteiger partial charge in [-0.2, -0.15) is 24.6 Å². The van der Waals surface area contributed by atoms with Crippen LogP contribution in [-0.4, -0.2) is 30.1 Å². The van der Waals surface area contributed by atoms with Crippen LogP contribution in [0, 0.1) is 6.92 Å². The molecule has 1 fully saturated rings. The van der Waals surface area contributed by atoms with Gasteiger partial charge in [0.2, 0.25) is 0 Å². The molecule has 1 radical (unpaired) electrons. The summed E-state index contributed by atoms with van der Waals surface area (Å²) in [6.07, 6.45) is 2.21. The summed E-state index contributed by atoms with van der Waals surface area (Å²) in [5, 5.41) is 0. The van der Waals surface area contributed by atoms with Crippen molar-refractivity contribution >= 4 is 0 Å². The van der Waals surface area contributed by atoms with Crippen LogP contribution >= 0.6 is 0 Å². The number of likely N-dealkylation sites (tertiary alicyclic amines) is 1. The Morgan fingerprint density at radius 3 is 2.82 bits per heavy atom. The minimum absolute atomic E-state index is 0. The molecule has 2 nitrogen and oxygen atoms in total. The average molecular weight is 268 g/mol. The van der Waals surface area contributed by atoms with Crippen molar-refractivity contribution in [3.05, 3.63) is 42.3 Å². The molecule has 1 aromatic carbocycles. The van der Waals surface area contributed by atoms with Crippen LogP contribution in [0.3, 0.4) is 0 Å². The molecular formula is C14H21N2V-. The number of benzene rings is 1. The largest absolute Gasteiger partial charge is 0.324 e. The third-order valence-electron chi connectivity index (χ3n) is 3.29. The molecule has 0 bridgehead atoms. The summed E-state index contributed by atoms with van der Waals surface area (Å²) in [6.45, 7) is 9.36. The Bertz CT molecular complexity index is 363. The number of nitrogens with zero attached hydrogens (tertiary/aromatic N) is 1. The Kier molecular flexibility index (Phi) is 5.14. The smallest absolute Gasteiger partial charge is 0.0267 e. The molecule has 1 atom stereocenters.